The van der Waals surface area contributed by atoms with Gasteiger partial charge >= 0.3 is 0 Å². The summed E-state index contributed by atoms with van der Waals surface area (Å²) in [5.74, 6) is 0. The first-order valence-electron chi connectivity index (χ1n) is 9.88. The van der Waals surface area contributed by atoms with E-state index in [0.29, 0.717) is 6.42 Å². The fourth-order valence-electron chi connectivity index (χ4n) is 3.43. The van der Waals surface area contributed by atoms with Crippen LogP contribution in [0.25, 0.3) is 21.9 Å². The number of fused-ring (bicyclic) bond motifs is 1. The number of hydrogen-bond acceptors (Lipinski definition) is 1. The Morgan fingerprint density at radius 1 is 0.963 bits per heavy atom. The third kappa shape index (κ3) is 5.50. The van der Waals surface area contributed by atoms with Gasteiger partial charge in [-0.15, -0.1) is 6.58 Å². The number of nitrogens with zero attached hydrogens (tertiary/aromatic N) is 1. The second-order valence-electron chi connectivity index (χ2n) is 7.31. The summed E-state index contributed by atoms with van der Waals surface area (Å²) in [6.07, 6.45) is 8.88. The first-order valence-corrected chi connectivity index (χ1v) is 9.88. The van der Waals surface area contributed by atoms with Gasteiger partial charge in [0.2, 0.25) is 0 Å². The van der Waals surface area contributed by atoms with E-state index < -0.39 is 6.17 Å². The van der Waals surface area contributed by atoms with Crippen molar-refractivity contribution in [2.75, 3.05) is 0 Å². The SMILES string of the molecule is C=CCc1ccc(-c2ccc3cc(CCCCCC(C)F)ccc3c2)cn1. The van der Waals surface area contributed by atoms with E-state index in [1.54, 1.807) is 6.92 Å². The average Bonchev–Trinajstić information content (AvgIpc) is 2.68. The van der Waals surface area contributed by atoms with Crippen molar-refractivity contribution in [3.05, 3.63) is 78.6 Å². The molecular weight excluding hydrogens is 333 g/mol. The summed E-state index contributed by atoms with van der Waals surface area (Å²) in [4.78, 5) is 4.50. The van der Waals surface area contributed by atoms with E-state index in [-0.39, 0.29) is 0 Å². The predicted octanol–water partition coefficient (Wildman–Crippen LogP) is 7.09. The largest absolute Gasteiger partial charge is 0.260 e. The molecule has 0 aliphatic rings. The number of benzene rings is 2. The zero-order valence-electron chi connectivity index (χ0n) is 16.1. The van der Waals surface area contributed by atoms with Crippen molar-refractivity contribution in [3.8, 4) is 11.1 Å². The number of halogens is 1. The van der Waals surface area contributed by atoms with Crippen molar-refractivity contribution in [1.29, 1.82) is 0 Å². The Labute approximate surface area is 162 Å². The summed E-state index contributed by atoms with van der Waals surface area (Å²) in [6, 6.07) is 17.5. The van der Waals surface area contributed by atoms with E-state index in [0.717, 1.165) is 43.4 Å². The summed E-state index contributed by atoms with van der Waals surface area (Å²) in [5.41, 5.74) is 4.73. The molecule has 1 heterocycles. The Balaban J connectivity index is 1.66. The average molecular weight is 362 g/mol. The van der Waals surface area contributed by atoms with Crippen LogP contribution >= 0.6 is 0 Å². The van der Waals surface area contributed by atoms with Crippen molar-refractivity contribution >= 4 is 10.8 Å². The molecule has 1 nitrogen and oxygen atoms in total. The summed E-state index contributed by atoms with van der Waals surface area (Å²) in [5, 5.41) is 2.52. The minimum absolute atomic E-state index is 0.673. The van der Waals surface area contributed by atoms with Crippen LogP contribution in [0, 0.1) is 0 Å². The number of allylic oxidation sites excluding steroid dienone is 1. The van der Waals surface area contributed by atoms with Crippen molar-refractivity contribution in [1.82, 2.24) is 4.98 Å². The molecule has 0 amide bonds. The molecule has 0 spiro atoms. The Hall–Kier alpha value is -2.48. The lowest BCUT2D eigenvalue weighted by molar-refractivity contribution is 0.330. The maximum atomic E-state index is 12.8. The lowest BCUT2D eigenvalue weighted by Crippen LogP contribution is -1.92. The second-order valence-corrected chi connectivity index (χ2v) is 7.31. The minimum atomic E-state index is -0.673. The summed E-state index contributed by atoms with van der Waals surface area (Å²) < 4.78 is 12.8. The van der Waals surface area contributed by atoms with E-state index in [9.17, 15) is 4.39 Å². The van der Waals surface area contributed by atoms with Crippen LogP contribution in [0.5, 0.6) is 0 Å². The molecule has 140 valence electrons. The highest BCUT2D eigenvalue weighted by Gasteiger charge is 2.03. The second kappa shape index (κ2) is 9.45. The molecule has 0 saturated heterocycles. The highest BCUT2D eigenvalue weighted by atomic mass is 19.1. The van der Waals surface area contributed by atoms with Gasteiger partial charge in [-0.2, -0.15) is 0 Å². The van der Waals surface area contributed by atoms with Gasteiger partial charge < -0.3 is 0 Å². The molecule has 0 radical (unpaired) electrons. The maximum Gasteiger partial charge on any atom is 0.0973 e. The van der Waals surface area contributed by atoms with Crippen LogP contribution < -0.4 is 0 Å². The van der Waals surface area contributed by atoms with E-state index in [4.69, 9.17) is 0 Å². The number of hydrogen-bond donors (Lipinski definition) is 0. The van der Waals surface area contributed by atoms with Gasteiger partial charge in [-0.3, -0.25) is 4.98 Å². The van der Waals surface area contributed by atoms with Crippen molar-refractivity contribution in [3.63, 3.8) is 0 Å². The van der Waals surface area contributed by atoms with Crippen LogP contribution in [0.15, 0.2) is 67.4 Å². The predicted molar refractivity (Wildman–Crippen MR) is 114 cm³/mol. The molecule has 27 heavy (non-hydrogen) atoms. The van der Waals surface area contributed by atoms with Gasteiger partial charge in [0.1, 0.15) is 0 Å². The molecule has 2 aromatic carbocycles. The standard InChI is InChI=1S/C25H28FN/c1-3-7-25-15-14-24(18-27-25)23-13-12-21-16-20(10-11-22(21)17-23)9-6-4-5-8-19(2)26/h3,10-19H,1,4-9H2,2H3. The number of aryl methyl sites for hydroxylation is 1. The van der Waals surface area contributed by atoms with Crippen LogP contribution in [-0.2, 0) is 12.8 Å². The van der Waals surface area contributed by atoms with E-state index >= 15 is 0 Å². The fourth-order valence-corrected chi connectivity index (χ4v) is 3.43. The van der Waals surface area contributed by atoms with Gasteiger partial charge in [0.25, 0.3) is 0 Å². The van der Waals surface area contributed by atoms with Crippen LogP contribution in [0.1, 0.15) is 43.9 Å². The number of rotatable bonds is 9. The van der Waals surface area contributed by atoms with Gasteiger partial charge in [0.05, 0.1) is 6.17 Å². The molecule has 3 aromatic rings. The third-order valence-corrected chi connectivity index (χ3v) is 4.98. The first-order chi connectivity index (χ1) is 13.2. The summed E-state index contributed by atoms with van der Waals surface area (Å²) >= 11 is 0. The van der Waals surface area contributed by atoms with Crippen molar-refractivity contribution in [2.24, 2.45) is 0 Å². The molecular formula is C25H28FN. The van der Waals surface area contributed by atoms with Gasteiger partial charge in [-0.25, -0.2) is 4.39 Å². The van der Waals surface area contributed by atoms with Crippen LogP contribution in [0.2, 0.25) is 0 Å². The minimum Gasteiger partial charge on any atom is -0.260 e. The number of pyridine rings is 1. The van der Waals surface area contributed by atoms with Crippen LogP contribution in [-0.4, -0.2) is 11.2 Å². The van der Waals surface area contributed by atoms with Crippen molar-refractivity contribution < 1.29 is 4.39 Å². The number of aromatic nitrogens is 1. The molecule has 0 N–H and O–H groups in total. The Morgan fingerprint density at radius 2 is 1.74 bits per heavy atom. The van der Waals surface area contributed by atoms with Gasteiger partial charge in [0.15, 0.2) is 0 Å². The van der Waals surface area contributed by atoms with Gasteiger partial charge in [0, 0.05) is 23.9 Å². The molecule has 1 atom stereocenters. The highest BCUT2D eigenvalue weighted by Crippen LogP contribution is 2.25. The molecule has 1 unspecified atom stereocenters. The smallest absolute Gasteiger partial charge is 0.0973 e. The summed E-state index contributed by atoms with van der Waals surface area (Å²) in [6.45, 7) is 5.40. The topological polar surface area (TPSA) is 12.9 Å². The zero-order valence-corrected chi connectivity index (χ0v) is 16.1. The third-order valence-electron chi connectivity index (χ3n) is 4.98. The van der Waals surface area contributed by atoms with Crippen LogP contribution in [0.4, 0.5) is 4.39 Å². The number of unbranched alkanes of at least 4 members (excludes halogenated alkanes) is 2. The molecule has 0 aliphatic heterocycles. The lowest BCUT2D eigenvalue weighted by atomic mass is 9.98. The molecule has 2 heteroatoms. The molecule has 3 rings (SSSR count). The normalized spacial score (nSPS) is 12.2. The Kier molecular flexibility index (Phi) is 6.75. The molecule has 0 bridgehead atoms. The quantitative estimate of drug-likeness (QED) is 0.293. The Bertz CT molecular complexity index is 880. The zero-order chi connectivity index (χ0) is 19.1. The number of alkyl halides is 1. The van der Waals surface area contributed by atoms with Crippen LogP contribution in [0.3, 0.4) is 0 Å². The van der Waals surface area contributed by atoms with Gasteiger partial charge in [-0.1, -0.05) is 55.3 Å². The fraction of sp³-hybridized carbons (Fsp3) is 0.320. The lowest BCUT2D eigenvalue weighted by Gasteiger charge is -2.07. The Morgan fingerprint density at radius 3 is 2.48 bits per heavy atom. The molecule has 1 aromatic heterocycles. The van der Waals surface area contributed by atoms with Crippen molar-refractivity contribution in [2.45, 2.75) is 51.6 Å². The highest BCUT2D eigenvalue weighted by molar-refractivity contribution is 5.87. The van der Waals surface area contributed by atoms with E-state index in [1.807, 2.05) is 12.3 Å². The monoisotopic (exact) mass is 361 g/mol. The van der Waals surface area contributed by atoms with E-state index in [1.165, 1.54) is 21.9 Å². The van der Waals surface area contributed by atoms with Gasteiger partial charge in [-0.05, 0) is 60.2 Å². The molecule has 0 saturated carbocycles. The summed E-state index contributed by atoms with van der Waals surface area (Å²) in [7, 11) is 0. The molecule has 0 aliphatic carbocycles. The maximum absolute atomic E-state index is 12.8. The van der Waals surface area contributed by atoms with E-state index in [2.05, 4.69) is 60.1 Å². The molecule has 0 fully saturated rings. The first kappa shape index (κ1) is 19.3.